The zero-order valence-electron chi connectivity index (χ0n) is 18.8. The summed E-state index contributed by atoms with van der Waals surface area (Å²) in [6, 6.07) is 27.7. The Morgan fingerprint density at radius 1 is 0.970 bits per heavy atom. The molecule has 2 heterocycles. The third-order valence-corrected chi connectivity index (χ3v) is 7.44. The lowest BCUT2D eigenvalue weighted by Gasteiger charge is -2.43. The van der Waals surface area contributed by atoms with Gasteiger partial charge in [-0.3, -0.25) is 9.59 Å². The summed E-state index contributed by atoms with van der Waals surface area (Å²) in [5.41, 5.74) is 2.78. The highest BCUT2D eigenvalue weighted by atomic mass is 32.1. The van der Waals surface area contributed by atoms with Gasteiger partial charge in [-0.15, -0.1) is 11.3 Å². The summed E-state index contributed by atoms with van der Waals surface area (Å²) in [7, 11) is 0. The van der Waals surface area contributed by atoms with E-state index in [1.807, 2.05) is 89.5 Å². The van der Waals surface area contributed by atoms with Crippen LogP contribution >= 0.6 is 11.3 Å². The molecular weight excluding hydrogens is 428 g/mol. The molecule has 0 spiro atoms. The maximum Gasteiger partial charge on any atom is 0.268 e. The number of nitrogens with zero attached hydrogens (tertiary/aromatic N) is 2. The Bertz CT molecular complexity index is 1280. The minimum Gasteiger partial charge on any atom is -0.305 e. The summed E-state index contributed by atoms with van der Waals surface area (Å²) in [5.74, 6) is 0.0974. The van der Waals surface area contributed by atoms with E-state index in [4.69, 9.17) is 0 Å². The van der Waals surface area contributed by atoms with Crippen molar-refractivity contribution in [2.45, 2.75) is 38.8 Å². The Kier molecular flexibility index (Phi) is 5.73. The molecule has 166 valence electrons. The average molecular weight is 455 g/mol. The summed E-state index contributed by atoms with van der Waals surface area (Å²) >= 11 is 1.53. The highest BCUT2D eigenvalue weighted by Gasteiger charge is 2.38. The van der Waals surface area contributed by atoms with Crippen LogP contribution in [-0.2, 0) is 4.79 Å². The van der Waals surface area contributed by atoms with Crippen molar-refractivity contribution >= 4 is 44.6 Å². The zero-order valence-corrected chi connectivity index (χ0v) is 19.6. The second-order valence-electron chi connectivity index (χ2n) is 8.44. The normalized spacial score (nSPS) is 17.6. The van der Waals surface area contributed by atoms with E-state index in [-0.39, 0.29) is 23.9 Å². The van der Waals surface area contributed by atoms with E-state index in [0.717, 1.165) is 31.9 Å². The van der Waals surface area contributed by atoms with E-state index >= 15 is 0 Å². The van der Waals surface area contributed by atoms with E-state index in [9.17, 15) is 9.59 Å². The fourth-order valence-electron chi connectivity index (χ4n) is 4.80. The van der Waals surface area contributed by atoms with Gasteiger partial charge in [-0.1, -0.05) is 61.5 Å². The standard InChI is InChI=1S/C28H26N2O2S/c1-3-27(31)30(21-12-5-4-6-13-21)24-17-19(2)29(23-15-9-8-14-22(23)24)28(32)26-18-20-11-7-10-16-25(20)33-26/h4-16,18-19,24H,3,17H2,1-2H3/t19-,24+/m1/s1. The molecule has 2 amide bonds. The Labute approximate surface area is 198 Å². The molecule has 2 atom stereocenters. The van der Waals surface area contributed by atoms with Gasteiger partial charge < -0.3 is 9.80 Å². The number of fused-ring (bicyclic) bond motifs is 2. The van der Waals surface area contributed by atoms with E-state index < -0.39 is 0 Å². The molecule has 0 saturated heterocycles. The molecule has 0 aliphatic carbocycles. The lowest BCUT2D eigenvalue weighted by atomic mass is 9.89. The summed E-state index contributed by atoms with van der Waals surface area (Å²) < 4.78 is 1.11. The van der Waals surface area contributed by atoms with E-state index in [0.29, 0.717) is 12.8 Å². The largest absolute Gasteiger partial charge is 0.305 e. The maximum atomic E-state index is 13.7. The van der Waals surface area contributed by atoms with Crippen LogP contribution in [0.2, 0.25) is 0 Å². The first-order valence-electron chi connectivity index (χ1n) is 11.4. The van der Waals surface area contributed by atoms with Gasteiger partial charge >= 0.3 is 0 Å². The van der Waals surface area contributed by atoms with Crippen LogP contribution in [0.5, 0.6) is 0 Å². The van der Waals surface area contributed by atoms with Crippen molar-refractivity contribution in [3.8, 4) is 0 Å². The van der Waals surface area contributed by atoms with Gasteiger partial charge in [-0.05, 0) is 54.6 Å². The van der Waals surface area contributed by atoms with Gasteiger partial charge in [0.2, 0.25) is 5.91 Å². The van der Waals surface area contributed by atoms with Crippen LogP contribution in [-0.4, -0.2) is 17.9 Å². The van der Waals surface area contributed by atoms with Crippen molar-refractivity contribution in [2.24, 2.45) is 0 Å². The molecule has 4 nitrogen and oxygen atoms in total. The summed E-state index contributed by atoms with van der Waals surface area (Å²) in [5, 5.41) is 1.09. The maximum absolute atomic E-state index is 13.7. The average Bonchev–Trinajstić information content (AvgIpc) is 3.29. The molecule has 5 rings (SSSR count). The molecule has 3 aromatic carbocycles. The minimum absolute atomic E-state index is 0.0164. The first kappa shape index (κ1) is 21.4. The minimum atomic E-state index is -0.127. The molecule has 0 unspecified atom stereocenters. The summed E-state index contributed by atoms with van der Waals surface area (Å²) in [6.07, 6.45) is 1.10. The molecule has 1 aliphatic heterocycles. The lowest BCUT2D eigenvalue weighted by molar-refractivity contribution is -0.118. The monoisotopic (exact) mass is 454 g/mol. The van der Waals surface area contributed by atoms with Crippen molar-refractivity contribution < 1.29 is 9.59 Å². The molecular formula is C28H26N2O2S. The van der Waals surface area contributed by atoms with Gasteiger partial charge in [0.25, 0.3) is 5.91 Å². The van der Waals surface area contributed by atoms with Crippen molar-refractivity contribution in [1.29, 1.82) is 0 Å². The van der Waals surface area contributed by atoms with Crippen molar-refractivity contribution in [3.05, 3.63) is 95.4 Å². The summed E-state index contributed by atoms with van der Waals surface area (Å²) in [6.45, 7) is 3.97. The molecule has 0 saturated carbocycles. The van der Waals surface area contributed by atoms with Crippen LogP contribution in [0.1, 0.15) is 48.0 Å². The van der Waals surface area contributed by atoms with Crippen LogP contribution in [0.4, 0.5) is 11.4 Å². The van der Waals surface area contributed by atoms with E-state index in [1.54, 1.807) is 0 Å². The highest BCUT2D eigenvalue weighted by Crippen LogP contribution is 2.43. The number of hydrogen-bond acceptors (Lipinski definition) is 3. The predicted octanol–water partition coefficient (Wildman–Crippen LogP) is 6.82. The molecule has 0 bridgehead atoms. The van der Waals surface area contributed by atoms with E-state index in [2.05, 4.69) is 19.1 Å². The SMILES string of the molecule is CCC(=O)N(c1ccccc1)[C@H]1C[C@@H](C)N(C(=O)c2cc3ccccc3s2)c2ccccc21. The molecule has 0 radical (unpaired) electrons. The number of para-hydroxylation sites is 2. The van der Waals surface area contributed by atoms with Gasteiger partial charge in [-0.2, -0.15) is 0 Å². The molecule has 0 N–H and O–H groups in total. The third-order valence-electron chi connectivity index (χ3n) is 6.33. The molecule has 1 aromatic heterocycles. The topological polar surface area (TPSA) is 40.6 Å². The third kappa shape index (κ3) is 3.83. The number of carbonyl (C=O) groups is 2. The molecule has 4 aromatic rings. The Hall–Kier alpha value is -3.44. The van der Waals surface area contributed by atoms with Gasteiger partial charge in [0, 0.05) is 28.5 Å². The van der Waals surface area contributed by atoms with Crippen LogP contribution < -0.4 is 9.80 Å². The zero-order chi connectivity index (χ0) is 22.9. The molecule has 0 fully saturated rings. The second-order valence-corrected chi connectivity index (χ2v) is 9.52. The van der Waals surface area contributed by atoms with E-state index in [1.165, 1.54) is 11.3 Å². The number of anilines is 2. The quantitative estimate of drug-likeness (QED) is 0.339. The van der Waals surface area contributed by atoms with Crippen LogP contribution in [0.15, 0.2) is 84.9 Å². The van der Waals surface area contributed by atoms with Gasteiger partial charge in [0.15, 0.2) is 0 Å². The molecule has 1 aliphatic rings. The van der Waals surface area contributed by atoms with Gasteiger partial charge in [0.05, 0.1) is 10.9 Å². The van der Waals surface area contributed by atoms with Gasteiger partial charge in [0.1, 0.15) is 0 Å². The second kappa shape index (κ2) is 8.83. The van der Waals surface area contributed by atoms with Crippen molar-refractivity contribution in [3.63, 3.8) is 0 Å². The van der Waals surface area contributed by atoms with Crippen molar-refractivity contribution in [2.75, 3.05) is 9.80 Å². The number of amides is 2. The Morgan fingerprint density at radius 3 is 2.42 bits per heavy atom. The first-order valence-corrected chi connectivity index (χ1v) is 12.2. The highest BCUT2D eigenvalue weighted by molar-refractivity contribution is 7.20. The Balaban J connectivity index is 1.58. The van der Waals surface area contributed by atoms with Gasteiger partial charge in [-0.25, -0.2) is 0 Å². The fraction of sp³-hybridized carbons (Fsp3) is 0.214. The van der Waals surface area contributed by atoms with Crippen LogP contribution in [0.3, 0.4) is 0 Å². The smallest absolute Gasteiger partial charge is 0.268 e. The van der Waals surface area contributed by atoms with Crippen LogP contribution in [0, 0.1) is 0 Å². The van der Waals surface area contributed by atoms with Crippen molar-refractivity contribution in [1.82, 2.24) is 0 Å². The lowest BCUT2D eigenvalue weighted by Crippen LogP contribution is -2.47. The number of rotatable bonds is 4. The Morgan fingerprint density at radius 2 is 1.67 bits per heavy atom. The number of hydrogen-bond donors (Lipinski definition) is 0. The first-order chi connectivity index (χ1) is 16.1. The number of benzene rings is 3. The molecule has 5 heteroatoms. The predicted molar refractivity (Wildman–Crippen MR) is 136 cm³/mol. The molecule has 33 heavy (non-hydrogen) atoms. The fourth-order valence-corrected chi connectivity index (χ4v) is 5.80. The number of thiophene rings is 1. The van der Waals surface area contributed by atoms with Crippen LogP contribution in [0.25, 0.3) is 10.1 Å². The number of carbonyl (C=O) groups excluding carboxylic acids is 2. The summed E-state index contributed by atoms with van der Waals surface area (Å²) in [4.78, 5) is 31.4.